The molecule has 1 radical (unpaired) electrons. The van der Waals surface area contributed by atoms with Gasteiger partial charge in [-0.2, -0.15) is 0 Å². The van der Waals surface area contributed by atoms with E-state index in [0.29, 0.717) is 5.92 Å². The summed E-state index contributed by atoms with van der Waals surface area (Å²) >= 11 is 0. The summed E-state index contributed by atoms with van der Waals surface area (Å²) in [6.07, 6.45) is 1.93. The molecular formula is C8H12N. The standard InChI is InChI=1S/C8H12N/c1-6(2)8-4-5-9-7(8)3/h4-6,9H,3H2,1-2H3. The first-order chi connectivity index (χ1) is 4.22. The Morgan fingerprint density at radius 2 is 2.22 bits per heavy atom. The van der Waals surface area contributed by atoms with Crippen molar-refractivity contribution in [2.75, 3.05) is 0 Å². The Morgan fingerprint density at radius 1 is 1.56 bits per heavy atom. The fraction of sp³-hybridized carbons (Fsp3) is 0.375. The van der Waals surface area contributed by atoms with Crippen LogP contribution in [0.25, 0.3) is 0 Å². The van der Waals surface area contributed by atoms with Crippen molar-refractivity contribution in [3.63, 3.8) is 0 Å². The smallest absolute Gasteiger partial charge is 0.0186 e. The number of rotatable bonds is 1. The van der Waals surface area contributed by atoms with Gasteiger partial charge in [-0.3, -0.25) is 0 Å². The summed E-state index contributed by atoms with van der Waals surface area (Å²) in [4.78, 5) is 3.04. The summed E-state index contributed by atoms with van der Waals surface area (Å²) in [6, 6.07) is 2.08. The predicted octanol–water partition coefficient (Wildman–Crippen LogP) is 2.32. The number of hydrogen-bond acceptors (Lipinski definition) is 0. The number of nitrogens with one attached hydrogen (secondary N) is 1. The molecule has 1 N–H and O–H groups in total. The molecule has 0 spiro atoms. The minimum atomic E-state index is 0.587. The Bertz CT molecular complexity index is 186. The van der Waals surface area contributed by atoms with E-state index in [2.05, 4.69) is 31.8 Å². The first kappa shape index (κ1) is 6.40. The third-order valence-corrected chi connectivity index (χ3v) is 1.49. The summed E-state index contributed by atoms with van der Waals surface area (Å²) in [5.41, 5.74) is 2.36. The Kier molecular flexibility index (Phi) is 1.60. The fourth-order valence-electron chi connectivity index (χ4n) is 0.957. The van der Waals surface area contributed by atoms with Gasteiger partial charge in [-0.15, -0.1) is 0 Å². The van der Waals surface area contributed by atoms with Gasteiger partial charge in [-0.1, -0.05) is 13.8 Å². The molecule has 0 bridgehead atoms. The van der Waals surface area contributed by atoms with E-state index in [4.69, 9.17) is 0 Å². The lowest BCUT2D eigenvalue weighted by atomic mass is 10.1. The van der Waals surface area contributed by atoms with Crippen LogP contribution in [0.1, 0.15) is 31.0 Å². The van der Waals surface area contributed by atoms with Crippen molar-refractivity contribution < 1.29 is 0 Å². The van der Waals surface area contributed by atoms with Gasteiger partial charge in [0, 0.05) is 11.9 Å². The number of H-pyrrole nitrogens is 1. The van der Waals surface area contributed by atoms with Crippen molar-refractivity contribution in [2.24, 2.45) is 0 Å². The molecule has 49 valence electrons. The molecule has 1 nitrogen and oxygen atoms in total. The Labute approximate surface area is 56.1 Å². The van der Waals surface area contributed by atoms with E-state index < -0.39 is 0 Å². The lowest BCUT2D eigenvalue weighted by Gasteiger charge is -2.00. The molecule has 1 heterocycles. The Balaban J connectivity index is 2.94. The summed E-state index contributed by atoms with van der Waals surface area (Å²) < 4.78 is 0. The molecule has 0 fully saturated rings. The fourth-order valence-corrected chi connectivity index (χ4v) is 0.957. The van der Waals surface area contributed by atoms with Crippen LogP contribution in [0.4, 0.5) is 0 Å². The zero-order valence-electron chi connectivity index (χ0n) is 5.94. The minimum absolute atomic E-state index is 0.587. The number of hydrogen-bond donors (Lipinski definition) is 1. The molecule has 0 saturated carbocycles. The van der Waals surface area contributed by atoms with Crippen LogP contribution in [-0.2, 0) is 0 Å². The van der Waals surface area contributed by atoms with Gasteiger partial charge in [0.2, 0.25) is 0 Å². The van der Waals surface area contributed by atoms with Crippen molar-refractivity contribution in [1.82, 2.24) is 4.98 Å². The number of aromatic nitrogens is 1. The van der Waals surface area contributed by atoms with E-state index in [9.17, 15) is 0 Å². The van der Waals surface area contributed by atoms with Gasteiger partial charge >= 0.3 is 0 Å². The van der Waals surface area contributed by atoms with Crippen LogP contribution in [-0.4, -0.2) is 4.98 Å². The maximum Gasteiger partial charge on any atom is 0.0186 e. The first-order valence-corrected chi connectivity index (χ1v) is 3.21. The Morgan fingerprint density at radius 3 is 2.44 bits per heavy atom. The Hall–Kier alpha value is -0.720. The topological polar surface area (TPSA) is 15.8 Å². The van der Waals surface area contributed by atoms with Crippen molar-refractivity contribution in [2.45, 2.75) is 19.8 Å². The molecule has 0 aliphatic carbocycles. The second-order valence-electron chi connectivity index (χ2n) is 2.57. The van der Waals surface area contributed by atoms with Gasteiger partial charge < -0.3 is 4.98 Å². The van der Waals surface area contributed by atoms with Crippen LogP contribution in [0.3, 0.4) is 0 Å². The van der Waals surface area contributed by atoms with Crippen LogP contribution >= 0.6 is 0 Å². The van der Waals surface area contributed by atoms with Crippen LogP contribution in [0, 0.1) is 6.92 Å². The summed E-state index contributed by atoms with van der Waals surface area (Å²) in [5.74, 6) is 0.587. The zero-order chi connectivity index (χ0) is 6.85. The molecule has 1 heteroatoms. The predicted molar refractivity (Wildman–Crippen MR) is 39.3 cm³/mol. The van der Waals surface area contributed by atoms with Gasteiger partial charge in [0.15, 0.2) is 0 Å². The van der Waals surface area contributed by atoms with Gasteiger partial charge in [-0.25, -0.2) is 0 Å². The average Bonchev–Trinajstić information content (AvgIpc) is 2.13. The maximum absolute atomic E-state index is 3.85. The molecule has 0 aliphatic rings. The van der Waals surface area contributed by atoms with Gasteiger partial charge in [0.05, 0.1) is 0 Å². The van der Waals surface area contributed by atoms with Crippen LogP contribution in [0.2, 0.25) is 0 Å². The highest BCUT2D eigenvalue weighted by Crippen LogP contribution is 2.16. The van der Waals surface area contributed by atoms with Crippen molar-refractivity contribution in [1.29, 1.82) is 0 Å². The second kappa shape index (κ2) is 2.26. The molecule has 9 heavy (non-hydrogen) atoms. The molecule has 0 atom stereocenters. The summed E-state index contributed by atoms with van der Waals surface area (Å²) in [6.45, 7) is 8.18. The monoisotopic (exact) mass is 122 g/mol. The highest BCUT2D eigenvalue weighted by molar-refractivity contribution is 5.25. The van der Waals surface area contributed by atoms with Gasteiger partial charge in [0.1, 0.15) is 0 Å². The van der Waals surface area contributed by atoms with E-state index in [0.717, 1.165) is 5.69 Å². The maximum atomic E-state index is 3.85. The minimum Gasteiger partial charge on any atom is -0.365 e. The molecule has 1 aromatic rings. The van der Waals surface area contributed by atoms with Crippen LogP contribution in [0.15, 0.2) is 12.3 Å². The van der Waals surface area contributed by atoms with Crippen LogP contribution in [0.5, 0.6) is 0 Å². The molecule has 0 saturated heterocycles. The molecular weight excluding hydrogens is 110 g/mol. The van der Waals surface area contributed by atoms with E-state index in [1.807, 2.05) is 6.20 Å². The van der Waals surface area contributed by atoms with E-state index in [-0.39, 0.29) is 0 Å². The third-order valence-electron chi connectivity index (χ3n) is 1.49. The molecule has 1 rings (SSSR count). The lowest BCUT2D eigenvalue weighted by Crippen LogP contribution is -1.86. The van der Waals surface area contributed by atoms with Crippen LogP contribution < -0.4 is 0 Å². The highest BCUT2D eigenvalue weighted by atomic mass is 14.7. The number of aromatic amines is 1. The second-order valence-corrected chi connectivity index (χ2v) is 2.57. The normalized spacial score (nSPS) is 10.7. The summed E-state index contributed by atoms with van der Waals surface area (Å²) in [7, 11) is 0. The van der Waals surface area contributed by atoms with E-state index >= 15 is 0 Å². The van der Waals surface area contributed by atoms with Crippen molar-refractivity contribution in [3.05, 3.63) is 30.4 Å². The van der Waals surface area contributed by atoms with Crippen molar-refractivity contribution in [3.8, 4) is 0 Å². The van der Waals surface area contributed by atoms with Gasteiger partial charge in [-0.05, 0) is 24.5 Å². The van der Waals surface area contributed by atoms with Gasteiger partial charge in [0.25, 0.3) is 0 Å². The lowest BCUT2D eigenvalue weighted by molar-refractivity contribution is 0.863. The SMILES string of the molecule is [CH2]c1[nH]ccc1C(C)C. The quantitative estimate of drug-likeness (QED) is 0.588. The molecule has 1 aromatic heterocycles. The molecule has 0 aromatic carbocycles. The molecule has 0 amide bonds. The van der Waals surface area contributed by atoms with E-state index in [1.54, 1.807) is 0 Å². The zero-order valence-corrected chi connectivity index (χ0v) is 5.94. The highest BCUT2D eigenvalue weighted by Gasteiger charge is 2.01. The molecule has 0 aliphatic heterocycles. The largest absolute Gasteiger partial charge is 0.365 e. The average molecular weight is 122 g/mol. The summed E-state index contributed by atoms with van der Waals surface area (Å²) in [5, 5.41) is 0. The first-order valence-electron chi connectivity index (χ1n) is 3.21. The molecule has 0 unspecified atom stereocenters. The van der Waals surface area contributed by atoms with Crippen molar-refractivity contribution >= 4 is 0 Å². The van der Waals surface area contributed by atoms with E-state index in [1.165, 1.54) is 5.56 Å². The third kappa shape index (κ3) is 1.15.